The standard InChI is InChI=1S/C21H20N2O3S/c1-15-10-12-17(13-11-15)22-20(24)9-4-14-23-18-7-2-5-16-6-3-8-19(21(16)18)27(23,25)26/h2-3,5-8,10-13H,4,9,14H2,1H3,(H,22,24). The van der Waals surface area contributed by atoms with E-state index >= 15 is 0 Å². The summed E-state index contributed by atoms with van der Waals surface area (Å²) >= 11 is 0. The van der Waals surface area contributed by atoms with E-state index in [1.54, 1.807) is 12.1 Å². The molecule has 138 valence electrons. The summed E-state index contributed by atoms with van der Waals surface area (Å²) in [6.07, 6.45) is 0.702. The molecule has 3 aromatic carbocycles. The molecule has 6 heteroatoms. The fraction of sp³-hybridized carbons (Fsp3) is 0.190. The van der Waals surface area contributed by atoms with Gasteiger partial charge in [-0.15, -0.1) is 0 Å². The number of carbonyl (C=O) groups is 1. The molecule has 0 aliphatic carbocycles. The molecular formula is C21H20N2O3S. The molecule has 1 amide bonds. The summed E-state index contributed by atoms with van der Waals surface area (Å²) in [6.45, 7) is 2.26. The van der Waals surface area contributed by atoms with Crippen molar-refractivity contribution in [1.82, 2.24) is 0 Å². The lowest BCUT2D eigenvalue weighted by Crippen LogP contribution is -2.28. The van der Waals surface area contributed by atoms with E-state index in [9.17, 15) is 13.2 Å². The number of hydrogen-bond acceptors (Lipinski definition) is 3. The van der Waals surface area contributed by atoms with Crippen LogP contribution in [-0.4, -0.2) is 20.9 Å². The molecule has 1 heterocycles. The van der Waals surface area contributed by atoms with Crippen molar-refractivity contribution in [2.24, 2.45) is 0 Å². The van der Waals surface area contributed by atoms with Crippen LogP contribution in [0.3, 0.4) is 0 Å². The summed E-state index contributed by atoms with van der Waals surface area (Å²) in [5, 5.41) is 4.52. The van der Waals surface area contributed by atoms with Gasteiger partial charge in [0.1, 0.15) is 0 Å². The molecule has 0 saturated heterocycles. The van der Waals surface area contributed by atoms with Crippen molar-refractivity contribution in [2.75, 3.05) is 16.2 Å². The second-order valence-corrected chi connectivity index (χ2v) is 8.56. The van der Waals surface area contributed by atoms with Crippen LogP contribution in [-0.2, 0) is 14.8 Å². The van der Waals surface area contributed by atoms with Crippen molar-refractivity contribution in [2.45, 2.75) is 24.7 Å². The molecule has 0 fully saturated rings. The molecule has 27 heavy (non-hydrogen) atoms. The van der Waals surface area contributed by atoms with Crippen LogP contribution < -0.4 is 9.62 Å². The first-order valence-corrected chi connectivity index (χ1v) is 10.3. The van der Waals surface area contributed by atoms with Gasteiger partial charge >= 0.3 is 0 Å². The number of benzene rings is 3. The fourth-order valence-electron chi connectivity index (χ4n) is 3.44. The third-order valence-corrected chi connectivity index (χ3v) is 6.64. The first-order chi connectivity index (χ1) is 13.0. The molecule has 1 aliphatic rings. The van der Waals surface area contributed by atoms with Crippen LogP contribution in [0, 0.1) is 6.92 Å². The van der Waals surface area contributed by atoms with Crippen molar-refractivity contribution in [3.05, 3.63) is 66.2 Å². The molecule has 3 aromatic rings. The normalized spacial score (nSPS) is 14.5. The maximum atomic E-state index is 12.9. The highest BCUT2D eigenvalue weighted by molar-refractivity contribution is 7.93. The quantitative estimate of drug-likeness (QED) is 0.725. The Kier molecular flexibility index (Phi) is 4.36. The Morgan fingerprint density at radius 1 is 1.00 bits per heavy atom. The Morgan fingerprint density at radius 3 is 2.44 bits per heavy atom. The van der Waals surface area contributed by atoms with Gasteiger partial charge in [-0.25, -0.2) is 8.42 Å². The van der Waals surface area contributed by atoms with E-state index in [1.165, 1.54) is 4.31 Å². The van der Waals surface area contributed by atoms with E-state index < -0.39 is 10.0 Å². The Morgan fingerprint density at radius 2 is 1.70 bits per heavy atom. The average molecular weight is 380 g/mol. The third-order valence-electron chi connectivity index (χ3n) is 4.78. The Hall–Kier alpha value is -2.86. The molecule has 0 saturated carbocycles. The first-order valence-electron chi connectivity index (χ1n) is 8.88. The van der Waals surface area contributed by atoms with E-state index in [2.05, 4.69) is 5.32 Å². The summed E-state index contributed by atoms with van der Waals surface area (Å²) in [6, 6.07) is 18.5. The van der Waals surface area contributed by atoms with E-state index in [-0.39, 0.29) is 18.9 Å². The lowest BCUT2D eigenvalue weighted by molar-refractivity contribution is -0.116. The van der Waals surface area contributed by atoms with Crippen LogP contribution in [0.1, 0.15) is 18.4 Å². The highest BCUT2D eigenvalue weighted by atomic mass is 32.2. The summed E-state index contributed by atoms with van der Waals surface area (Å²) in [5.74, 6) is -0.119. The molecule has 5 nitrogen and oxygen atoms in total. The van der Waals surface area contributed by atoms with Crippen molar-refractivity contribution >= 4 is 38.1 Å². The van der Waals surface area contributed by atoms with Gasteiger partial charge < -0.3 is 5.32 Å². The average Bonchev–Trinajstić information content (AvgIpc) is 2.87. The topological polar surface area (TPSA) is 66.5 Å². The SMILES string of the molecule is Cc1ccc(NC(=O)CCCN2c3cccc4cccc(c34)S2(=O)=O)cc1. The predicted octanol–water partition coefficient (Wildman–Crippen LogP) is 4.08. The second-order valence-electron chi connectivity index (χ2n) is 6.73. The zero-order valence-electron chi connectivity index (χ0n) is 15.0. The van der Waals surface area contributed by atoms with Crippen molar-refractivity contribution in [3.63, 3.8) is 0 Å². The molecule has 1 aliphatic heterocycles. The highest BCUT2D eigenvalue weighted by Crippen LogP contribution is 2.41. The van der Waals surface area contributed by atoms with Gasteiger partial charge in [-0.05, 0) is 43.0 Å². The minimum Gasteiger partial charge on any atom is -0.326 e. The Bertz CT molecular complexity index is 1120. The van der Waals surface area contributed by atoms with Crippen molar-refractivity contribution < 1.29 is 13.2 Å². The lowest BCUT2D eigenvalue weighted by atomic mass is 10.1. The van der Waals surface area contributed by atoms with Gasteiger partial charge in [-0.1, -0.05) is 42.0 Å². The Balaban J connectivity index is 1.45. The smallest absolute Gasteiger partial charge is 0.265 e. The largest absolute Gasteiger partial charge is 0.326 e. The van der Waals surface area contributed by atoms with Crippen molar-refractivity contribution in [3.8, 4) is 0 Å². The van der Waals surface area contributed by atoms with Gasteiger partial charge in [0.05, 0.1) is 10.6 Å². The number of anilines is 2. The van der Waals surface area contributed by atoms with Crippen LogP contribution in [0.5, 0.6) is 0 Å². The maximum absolute atomic E-state index is 12.9. The van der Waals surface area contributed by atoms with Crippen LogP contribution in [0.4, 0.5) is 11.4 Å². The summed E-state index contributed by atoms with van der Waals surface area (Å²) in [5.41, 5.74) is 2.57. The predicted molar refractivity (Wildman–Crippen MR) is 108 cm³/mol. The van der Waals surface area contributed by atoms with Gasteiger partial charge in [0.15, 0.2) is 0 Å². The maximum Gasteiger partial charge on any atom is 0.265 e. The lowest BCUT2D eigenvalue weighted by Gasteiger charge is -2.18. The highest BCUT2D eigenvalue weighted by Gasteiger charge is 2.34. The number of aryl methyl sites for hydroxylation is 1. The molecule has 4 rings (SSSR count). The molecule has 0 bridgehead atoms. The van der Waals surface area contributed by atoms with Gasteiger partial charge in [0, 0.05) is 24.0 Å². The molecule has 0 spiro atoms. The Labute approximate surface area is 158 Å². The minimum atomic E-state index is -3.56. The minimum absolute atomic E-state index is 0.119. The fourth-order valence-corrected chi connectivity index (χ4v) is 5.19. The zero-order valence-corrected chi connectivity index (χ0v) is 15.8. The van der Waals surface area contributed by atoms with Crippen LogP contribution in [0.2, 0.25) is 0 Å². The molecule has 0 atom stereocenters. The number of nitrogens with one attached hydrogen (secondary N) is 1. The summed E-state index contributed by atoms with van der Waals surface area (Å²) in [4.78, 5) is 12.5. The number of sulfonamides is 1. The van der Waals surface area contributed by atoms with Gasteiger partial charge in [0.2, 0.25) is 5.91 Å². The number of rotatable bonds is 5. The molecule has 0 radical (unpaired) electrons. The summed E-state index contributed by atoms with van der Waals surface area (Å²) in [7, 11) is -3.56. The van der Waals surface area contributed by atoms with E-state index in [0.29, 0.717) is 17.0 Å². The third kappa shape index (κ3) is 3.17. The van der Waals surface area contributed by atoms with E-state index in [4.69, 9.17) is 0 Å². The number of nitrogens with zero attached hydrogens (tertiary/aromatic N) is 1. The first kappa shape index (κ1) is 17.5. The molecule has 0 unspecified atom stereocenters. The second kappa shape index (κ2) is 6.70. The van der Waals surface area contributed by atoms with Gasteiger partial charge in [0.25, 0.3) is 10.0 Å². The number of hydrogen-bond donors (Lipinski definition) is 1. The van der Waals surface area contributed by atoms with Crippen LogP contribution in [0.25, 0.3) is 10.8 Å². The van der Waals surface area contributed by atoms with Crippen molar-refractivity contribution in [1.29, 1.82) is 0 Å². The molecule has 0 aromatic heterocycles. The van der Waals surface area contributed by atoms with Gasteiger partial charge in [-0.3, -0.25) is 9.10 Å². The number of carbonyl (C=O) groups excluding carboxylic acids is 1. The zero-order chi connectivity index (χ0) is 19.0. The monoisotopic (exact) mass is 380 g/mol. The van der Waals surface area contributed by atoms with E-state index in [0.717, 1.165) is 22.0 Å². The van der Waals surface area contributed by atoms with E-state index in [1.807, 2.05) is 55.5 Å². The van der Waals surface area contributed by atoms with Crippen LogP contribution >= 0.6 is 0 Å². The molecular weight excluding hydrogens is 360 g/mol. The van der Waals surface area contributed by atoms with Gasteiger partial charge in [-0.2, -0.15) is 0 Å². The number of amides is 1. The molecule has 1 N–H and O–H groups in total. The summed E-state index contributed by atoms with van der Waals surface area (Å²) < 4.78 is 27.2. The van der Waals surface area contributed by atoms with Crippen LogP contribution in [0.15, 0.2) is 65.6 Å².